The van der Waals surface area contributed by atoms with Crippen molar-refractivity contribution in [3.8, 4) is 0 Å². The van der Waals surface area contributed by atoms with E-state index in [4.69, 9.17) is 4.74 Å². The Kier molecular flexibility index (Phi) is 4.79. The first-order chi connectivity index (χ1) is 8.19. The van der Waals surface area contributed by atoms with Crippen molar-refractivity contribution in [1.29, 1.82) is 0 Å². The van der Waals surface area contributed by atoms with Crippen LogP contribution in [0.4, 0.5) is 10.5 Å². The molecule has 1 aromatic rings. The number of hydrogen-bond acceptors (Lipinski definition) is 2. The highest BCUT2D eigenvalue weighted by atomic mass is 79.9. The van der Waals surface area contributed by atoms with Crippen molar-refractivity contribution < 1.29 is 9.53 Å². The van der Waals surface area contributed by atoms with Crippen molar-refractivity contribution in [2.45, 2.75) is 46.1 Å². The molecule has 4 heteroatoms. The van der Waals surface area contributed by atoms with Gasteiger partial charge in [0.1, 0.15) is 5.60 Å². The molecule has 0 radical (unpaired) electrons. The topological polar surface area (TPSA) is 38.3 Å². The summed E-state index contributed by atoms with van der Waals surface area (Å²) in [5.74, 6) is 0.326. The number of benzene rings is 1. The van der Waals surface area contributed by atoms with Gasteiger partial charge in [0.2, 0.25) is 0 Å². The van der Waals surface area contributed by atoms with Crippen molar-refractivity contribution in [1.82, 2.24) is 0 Å². The molecule has 0 atom stereocenters. The number of nitrogens with one attached hydrogen (secondary N) is 1. The average molecular weight is 314 g/mol. The lowest BCUT2D eigenvalue weighted by molar-refractivity contribution is 0.0636. The van der Waals surface area contributed by atoms with Gasteiger partial charge in [-0.1, -0.05) is 29.8 Å². The van der Waals surface area contributed by atoms with Gasteiger partial charge in [0.25, 0.3) is 0 Å². The van der Waals surface area contributed by atoms with E-state index < -0.39 is 11.7 Å². The molecule has 18 heavy (non-hydrogen) atoms. The molecule has 1 aromatic carbocycles. The lowest BCUT2D eigenvalue weighted by Crippen LogP contribution is -2.27. The van der Waals surface area contributed by atoms with E-state index in [0.717, 1.165) is 15.7 Å². The van der Waals surface area contributed by atoms with E-state index in [1.165, 1.54) is 0 Å². The number of anilines is 1. The Morgan fingerprint density at radius 1 is 1.33 bits per heavy atom. The third kappa shape index (κ3) is 4.69. The normalized spacial score (nSPS) is 11.5. The van der Waals surface area contributed by atoms with Crippen molar-refractivity contribution in [3.63, 3.8) is 0 Å². The maximum absolute atomic E-state index is 11.7. The van der Waals surface area contributed by atoms with Gasteiger partial charge in [0, 0.05) is 10.2 Å². The molecule has 1 N–H and O–H groups in total. The van der Waals surface area contributed by atoms with Crippen molar-refractivity contribution in [3.05, 3.63) is 28.2 Å². The average Bonchev–Trinajstić information content (AvgIpc) is 2.17. The molecule has 0 saturated heterocycles. The van der Waals surface area contributed by atoms with Crippen LogP contribution in [0.15, 0.2) is 22.7 Å². The summed E-state index contributed by atoms with van der Waals surface area (Å²) >= 11 is 3.44. The number of rotatable bonds is 2. The number of carbonyl (C=O) groups is 1. The molecule has 0 spiro atoms. The maximum Gasteiger partial charge on any atom is 0.412 e. The first kappa shape index (κ1) is 15.0. The van der Waals surface area contributed by atoms with Crippen LogP contribution in [0.5, 0.6) is 0 Å². The van der Waals surface area contributed by atoms with E-state index in [2.05, 4.69) is 35.1 Å². The number of carbonyl (C=O) groups excluding carboxylic acids is 1. The molecule has 0 aliphatic heterocycles. The van der Waals surface area contributed by atoms with Crippen LogP contribution in [0.25, 0.3) is 0 Å². The fourth-order valence-corrected chi connectivity index (χ4v) is 1.92. The second-order valence-electron chi connectivity index (χ2n) is 5.51. The summed E-state index contributed by atoms with van der Waals surface area (Å²) < 4.78 is 6.25. The molecule has 0 fully saturated rings. The molecule has 0 unspecified atom stereocenters. The molecule has 0 aliphatic carbocycles. The molecule has 1 amide bonds. The molecule has 0 saturated carbocycles. The highest BCUT2D eigenvalue weighted by molar-refractivity contribution is 9.10. The molecule has 100 valence electrons. The second kappa shape index (κ2) is 5.74. The Balaban J connectivity index is 2.88. The van der Waals surface area contributed by atoms with Crippen molar-refractivity contribution >= 4 is 27.7 Å². The minimum atomic E-state index is -0.489. The van der Waals surface area contributed by atoms with Gasteiger partial charge in [-0.15, -0.1) is 0 Å². The van der Waals surface area contributed by atoms with Gasteiger partial charge in [-0.05, 0) is 50.5 Å². The predicted octanol–water partition coefficient (Wildman–Crippen LogP) is 4.92. The molecule has 1 rings (SSSR count). The number of amides is 1. The van der Waals surface area contributed by atoms with E-state index >= 15 is 0 Å². The molecule has 0 aliphatic rings. The number of ether oxygens (including phenoxy) is 1. The molecular weight excluding hydrogens is 294 g/mol. The Labute approximate surface area is 117 Å². The van der Waals surface area contributed by atoms with E-state index in [-0.39, 0.29) is 0 Å². The Morgan fingerprint density at radius 3 is 2.44 bits per heavy atom. The van der Waals surface area contributed by atoms with Crippen molar-refractivity contribution in [2.24, 2.45) is 0 Å². The van der Waals surface area contributed by atoms with Gasteiger partial charge in [-0.3, -0.25) is 5.32 Å². The minimum absolute atomic E-state index is 0.326. The van der Waals surface area contributed by atoms with Crippen LogP contribution in [-0.4, -0.2) is 11.7 Å². The van der Waals surface area contributed by atoms with Crippen molar-refractivity contribution in [2.75, 3.05) is 5.32 Å². The smallest absolute Gasteiger partial charge is 0.412 e. The molecular formula is C14H20BrNO2. The maximum atomic E-state index is 11.7. The summed E-state index contributed by atoms with van der Waals surface area (Å²) in [6, 6.07) is 5.79. The standard InChI is InChI=1S/C14H20BrNO2/c1-9(2)11-8-10(15)6-7-12(11)16-13(17)18-14(3,4)5/h6-9H,1-5H3,(H,16,17). The fourth-order valence-electron chi connectivity index (χ4n) is 1.54. The Morgan fingerprint density at radius 2 is 1.94 bits per heavy atom. The Hall–Kier alpha value is -1.03. The fraction of sp³-hybridized carbons (Fsp3) is 0.500. The zero-order chi connectivity index (χ0) is 13.9. The molecule has 0 aromatic heterocycles. The van der Waals surface area contributed by atoms with Gasteiger partial charge in [0.15, 0.2) is 0 Å². The quantitative estimate of drug-likeness (QED) is 0.841. The van der Waals surface area contributed by atoms with E-state index in [1.807, 2.05) is 39.0 Å². The zero-order valence-electron chi connectivity index (χ0n) is 11.5. The van der Waals surface area contributed by atoms with E-state index in [9.17, 15) is 4.79 Å². The summed E-state index contributed by atoms with van der Waals surface area (Å²) in [7, 11) is 0. The summed E-state index contributed by atoms with van der Waals surface area (Å²) in [4.78, 5) is 11.7. The highest BCUT2D eigenvalue weighted by Crippen LogP contribution is 2.28. The number of hydrogen-bond donors (Lipinski definition) is 1. The first-order valence-corrected chi connectivity index (χ1v) is 6.78. The monoisotopic (exact) mass is 313 g/mol. The second-order valence-corrected chi connectivity index (χ2v) is 6.43. The first-order valence-electron chi connectivity index (χ1n) is 5.98. The minimum Gasteiger partial charge on any atom is -0.444 e. The zero-order valence-corrected chi connectivity index (χ0v) is 13.1. The Bertz CT molecular complexity index is 436. The molecule has 0 heterocycles. The van der Waals surface area contributed by atoms with Gasteiger partial charge >= 0.3 is 6.09 Å². The van der Waals surface area contributed by atoms with E-state index in [1.54, 1.807) is 0 Å². The van der Waals surface area contributed by atoms with Crippen LogP contribution >= 0.6 is 15.9 Å². The van der Waals surface area contributed by atoms with Gasteiger partial charge in [-0.25, -0.2) is 4.79 Å². The molecule has 0 bridgehead atoms. The van der Waals surface area contributed by atoms with Crippen LogP contribution in [-0.2, 0) is 4.74 Å². The van der Waals surface area contributed by atoms with Crippen LogP contribution in [0.1, 0.15) is 46.1 Å². The predicted molar refractivity (Wildman–Crippen MR) is 78.1 cm³/mol. The van der Waals surface area contributed by atoms with E-state index in [0.29, 0.717) is 5.92 Å². The largest absolute Gasteiger partial charge is 0.444 e. The third-order valence-corrected chi connectivity index (χ3v) is 2.76. The van der Waals surface area contributed by atoms with Crippen LogP contribution in [0.3, 0.4) is 0 Å². The van der Waals surface area contributed by atoms with Gasteiger partial charge in [-0.2, -0.15) is 0 Å². The summed E-state index contributed by atoms with van der Waals surface area (Å²) in [5, 5.41) is 2.79. The highest BCUT2D eigenvalue weighted by Gasteiger charge is 2.17. The van der Waals surface area contributed by atoms with Crippen LogP contribution in [0, 0.1) is 0 Å². The summed E-state index contributed by atoms with van der Waals surface area (Å²) in [5.41, 5.74) is 1.38. The lowest BCUT2D eigenvalue weighted by Gasteiger charge is -2.21. The van der Waals surface area contributed by atoms with Crippen LogP contribution < -0.4 is 5.32 Å². The van der Waals surface area contributed by atoms with Crippen LogP contribution in [0.2, 0.25) is 0 Å². The third-order valence-electron chi connectivity index (χ3n) is 2.27. The summed E-state index contributed by atoms with van der Waals surface area (Å²) in [6.07, 6.45) is -0.424. The molecule has 3 nitrogen and oxygen atoms in total. The van der Waals surface area contributed by atoms with Gasteiger partial charge in [0.05, 0.1) is 0 Å². The summed E-state index contributed by atoms with van der Waals surface area (Å²) in [6.45, 7) is 9.71. The number of halogens is 1. The van der Waals surface area contributed by atoms with Gasteiger partial charge < -0.3 is 4.74 Å². The lowest BCUT2D eigenvalue weighted by atomic mass is 10.0. The SMILES string of the molecule is CC(C)c1cc(Br)ccc1NC(=O)OC(C)(C)C.